The lowest BCUT2D eigenvalue weighted by Crippen LogP contribution is -2.32. The lowest BCUT2D eigenvalue weighted by atomic mass is 10.2. The highest BCUT2D eigenvalue weighted by Gasteiger charge is 2.17. The van der Waals surface area contributed by atoms with E-state index in [0.717, 1.165) is 11.0 Å². The van der Waals surface area contributed by atoms with Crippen molar-refractivity contribution in [2.75, 3.05) is 6.61 Å². The van der Waals surface area contributed by atoms with Crippen LogP contribution in [0, 0.1) is 0 Å². The number of imidazole rings is 1. The van der Waals surface area contributed by atoms with E-state index in [4.69, 9.17) is 4.74 Å². The molecule has 0 fully saturated rings. The Kier molecular flexibility index (Phi) is 6.73. The minimum absolute atomic E-state index is 0.0954. The quantitative estimate of drug-likeness (QED) is 0.400. The Balaban J connectivity index is 1.55. The van der Waals surface area contributed by atoms with Crippen molar-refractivity contribution in [2.45, 2.75) is 44.2 Å². The van der Waals surface area contributed by atoms with Crippen molar-refractivity contribution >= 4 is 27.0 Å². The minimum Gasteiger partial charge on any atom is -0.462 e. The molecule has 30 heavy (non-hydrogen) atoms. The van der Waals surface area contributed by atoms with Crippen molar-refractivity contribution < 1.29 is 17.9 Å². The van der Waals surface area contributed by atoms with Gasteiger partial charge in [-0.1, -0.05) is 19.1 Å². The number of H-pyrrole nitrogens is 1. The number of aromatic amines is 1. The third-order valence-corrected chi connectivity index (χ3v) is 6.42. The molecule has 160 valence electrons. The lowest BCUT2D eigenvalue weighted by molar-refractivity contribution is 0.0496. The van der Waals surface area contributed by atoms with Crippen LogP contribution < -0.4 is 10.4 Å². The number of fused-ring (bicyclic) bond motifs is 1. The number of carbonyl (C=O) groups excluding carboxylic acids is 1. The summed E-state index contributed by atoms with van der Waals surface area (Å²) < 4.78 is 34.0. The van der Waals surface area contributed by atoms with Gasteiger partial charge in [-0.2, -0.15) is 0 Å². The zero-order valence-corrected chi connectivity index (χ0v) is 17.7. The van der Waals surface area contributed by atoms with E-state index < -0.39 is 16.0 Å². The number of hydrogen-bond acceptors (Lipinski definition) is 5. The van der Waals surface area contributed by atoms with Crippen molar-refractivity contribution in [3.63, 3.8) is 0 Å². The van der Waals surface area contributed by atoms with Crippen LogP contribution in [0.25, 0.3) is 11.0 Å². The SMILES string of the molecule is CC[C@@H](C)NS(=O)(=O)c1ccc(C(=O)OCCCn2c(=O)[nH]c3ccccc32)cc1. The van der Waals surface area contributed by atoms with Crippen molar-refractivity contribution in [1.82, 2.24) is 14.3 Å². The van der Waals surface area contributed by atoms with Crippen LogP contribution in [0.2, 0.25) is 0 Å². The molecule has 2 N–H and O–H groups in total. The van der Waals surface area contributed by atoms with Gasteiger partial charge in [0.1, 0.15) is 0 Å². The maximum atomic E-state index is 12.3. The molecule has 3 rings (SSSR count). The Labute approximate surface area is 174 Å². The molecule has 0 aliphatic carbocycles. The number of sulfonamides is 1. The van der Waals surface area contributed by atoms with Gasteiger partial charge in [0.25, 0.3) is 0 Å². The summed E-state index contributed by atoms with van der Waals surface area (Å²) in [6, 6.07) is 12.8. The summed E-state index contributed by atoms with van der Waals surface area (Å²) in [6.45, 7) is 4.23. The molecule has 0 bridgehead atoms. The highest BCUT2D eigenvalue weighted by Crippen LogP contribution is 2.13. The zero-order chi connectivity index (χ0) is 21.7. The maximum Gasteiger partial charge on any atom is 0.338 e. The van der Waals surface area contributed by atoms with E-state index in [1.807, 2.05) is 31.2 Å². The van der Waals surface area contributed by atoms with Gasteiger partial charge >= 0.3 is 11.7 Å². The summed E-state index contributed by atoms with van der Waals surface area (Å²) in [5.74, 6) is -0.542. The Morgan fingerprint density at radius 2 is 1.87 bits per heavy atom. The molecule has 8 nitrogen and oxygen atoms in total. The average molecular weight is 432 g/mol. The standard InChI is InChI=1S/C21H25N3O5S/c1-3-15(2)23-30(27,28)17-11-9-16(10-12-17)20(25)29-14-6-13-24-19-8-5-4-7-18(19)22-21(24)26/h4-5,7-12,15,23H,3,6,13-14H2,1-2H3,(H,22,26)/t15-/m1/s1. The molecule has 1 heterocycles. The molecule has 0 saturated carbocycles. The topological polar surface area (TPSA) is 110 Å². The van der Waals surface area contributed by atoms with Crippen molar-refractivity contribution in [2.24, 2.45) is 0 Å². The molecule has 0 amide bonds. The summed E-state index contributed by atoms with van der Waals surface area (Å²) in [4.78, 5) is 27.1. The lowest BCUT2D eigenvalue weighted by Gasteiger charge is -2.12. The number of rotatable bonds is 9. The Hall–Kier alpha value is -2.91. The highest BCUT2D eigenvalue weighted by atomic mass is 32.2. The van der Waals surface area contributed by atoms with Crippen LogP contribution in [0.1, 0.15) is 37.0 Å². The summed E-state index contributed by atoms with van der Waals surface area (Å²) >= 11 is 0. The van der Waals surface area contributed by atoms with Gasteiger partial charge < -0.3 is 9.72 Å². The third kappa shape index (κ3) is 4.98. The Bertz CT molecular complexity index is 1180. The number of hydrogen-bond donors (Lipinski definition) is 2. The molecular weight excluding hydrogens is 406 g/mol. The first-order valence-electron chi connectivity index (χ1n) is 9.79. The van der Waals surface area contributed by atoms with Crippen molar-refractivity contribution in [3.8, 4) is 0 Å². The smallest absolute Gasteiger partial charge is 0.338 e. The van der Waals surface area contributed by atoms with E-state index in [2.05, 4.69) is 9.71 Å². The molecule has 0 spiro atoms. The average Bonchev–Trinajstić information content (AvgIpc) is 3.05. The molecule has 1 atom stereocenters. The van der Waals surface area contributed by atoms with Crippen molar-refractivity contribution in [3.05, 3.63) is 64.6 Å². The van der Waals surface area contributed by atoms with Gasteiger partial charge in [-0.05, 0) is 56.2 Å². The molecule has 0 radical (unpaired) electrons. The second-order valence-electron chi connectivity index (χ2n) is 7.04. The van der Waals surface area contributed by atoms with Gasteiger partial charge in [-0.15, -0.1) is 0 Å². The van der Waals surface area contributed by atoms with Gasteiger partial charge in [0.2, 0.25) is 10.0 Å². The number of esters is 1. The fourth-order valence-electron chi connectivity index (χ4n) is 2.99. The second kappa shape index (κ2) is 9.27. The minimum atomic E-state index is -3.62. The second-order valence-corrected chi connectivity index (χ2v) is 8.76. The number of nitrogens with one attached hydrogen (secondary N) is 2. The monoisotopic (exact) mass is 431 g/mol. The highest BCUT2D eigenvalue weighted by molar-refractivity contribution is 7.89. The summed E-state index contributed by atoms with van der Waals surface area (Å²) in [5, 5.41) is 0. The fraction of sp³-hybridized carbons (Fsp3) is 0.333. The van der Waals surface area contributed by atoms with Gasteiger partial charge in [0.05, 0.1) is 28.1 Å². The van der Waals surface area contributed by atoms with E-state index >= 15 is 0 Å². The predicted molar refractivity (Wildman–Crippen MR) is 114 cm³/mol. The zero-order valence-electron chi connectivity index (χ0n) is 16.9. The first-order valence-corrected chi connectivity index (χ1v) is 11.3. The van der Waals surface area contributed by atoms with Crippen LogP contribution in [-0.4, -0.2) is 36.6 Å². The van der Waals surface area contributed by atoms with Crippen molar-refractivity contribution in [1.29, 1.82) is 0 Å². The van der Waals surface area contributed by atoms with Crippen LogP contribution in [0.15, 0.2) is 58.2 Å². The van der Waals surface area contributed by atoms with Gasteiger partial charge in [0, 0.05) is 12.6 Å². The third-order valence-electron chi connectivity index (χ3n) is 4.81. The maximum absolute atomic E-state index is 12.3. The normalized spacial score (nSPS) is 12.7. The van der Waals surface area contributed by atoms with Gasteiger partial charge in [0.15, 0.2) is 0 Å². The van der Waals surface area contributed by atoms with Crippen LogP contribution in [0.3, 0.4) is 0 Å². The van der Waals surface area contributed by atoms with Crippen LogP contribution in [0.5, 0.6) is 0 Å². The van der Waals surface area contributed by atoms with E-state index in [9.17, 15) is 18.0 Å². The summed E-state index contributed by atoms with van der Waals surface area (Å²) in [7, 11) is -3.62. The van der Waals surface area contributed by atoms with Gasteiger partial charge in [-0.3, -0.25) is 4.57 Å². The fourth-order valence-corrected chi connectivity index (χ4v) is 4.31. The summed E-state index contributed by atoms with van der Waals surface area (Å²) in [6.07, 6.45) is 1.15. The number of para-hydroxylation sites is 2. The van der Waals surface area contributed by atoms with E-state index in [1.54, 1.807) is 11.5 Å². The molecular formula is C21H25N3O5S. The number of carbonyl (C=O) groups is 1. The van der Waals surface area contributed by atoms with E-state index in [-0.39, 0.29) is 28.8 Å². The molecule has 9 heteroatoms. The Morgan fingerprint density at radius 1 is 1.17 bits per heavy atom. The number of benzene rings is 2. The van der Waals surface area contributed by atoms with Gasteiger partial charge in [-0.25, -0.2) is 22.7 Å². The van der Waals surface area contributed by atoms with Crippen LogP contribution in [0.4, 0.5) is 0 Å². The number of ether oxygens (including phenoxy) is 1. The molecule has 0 saturated heterocycles. The molecule has 1 aromatic heterocycles. The van der Waals surface area contributed by atoms with E-state index in [0.29, 0.717) is 19.4 Å². The molecule has 3 aromatic rings. The molecule has 0 aliphatic rings. The number of aromatic nitrogens is 2. The number of aryl methyl sites for hydroxylation is 1. The molecule has 0 unspecified atom stereocenters. The first kappa shape index (κ1) is 21.8. The first-order chi connectivity index (χ1) is 14.3. The number of nitrogens with zero attached hydrogens (tertiary/aromatic N) is 1. The Morgan fingerprint density at radius 3 is 2.57 bits per heavy atom. The summed E-state index contributed by atoms with van der Waals surface area (Å²) in [5.41, 5.74) is 1.63. The van der Waals surface area contributed by atoms with Crippen LogP contribution >= 0.6 is 0 Å². The largest absolute Gasteiger partial charge is 0.462 e. The van der Waals surface area contributed by atoms with E-state index in [1.165, 1.54) is 24.3 Å². The molecule has 2 aromatic carbocycles. The molecule has 0 aliphatic heterocycles. The van der Waals surface area contributed by atoms with Crippen LogP contribution in [-0.2, 0) is 21.3 Å². The predicted octanol–water partition coefficient (Wildman–Crippen LogP) is 2.65.